The molecule has 1 atom stereocenters. The second-order valence-corrected chi connectivity index (χ2v) is 6.06. The first-order chi connectivity index (χ1) is 9.61. The van der Waals surface area contributed by atoms with E-state index in [1.54, 1.807) is 6.07 Å². The van der Waals surface area contributed by atoms with E-state index in [-0.39, 0.29) is 10.6 Å². The van der Waals surface area contributed by atoms with Gasteiger partial charge in [0, 0.05) is 35.2 Å². The van der Waals surface area contributed by atoms with Crippen LogP contribution in [0.3, 0.4) is 0 Å². The van der Waals surface area contributed by atoms with Crippen molar-refractivity contribution < 1.29 is 4.92 Å². The number of benzene rings is 1. The molecule has 2 rings (SSSR count). The molecule has 1 saturated heterocycles. The van der Waals surface area contributed by atoms with Gasteiger partial charge in [-0.15, -0.1) is 0 Å². The molecule has 0 aliphatic carbocycles. The third-order valence-electron chi connectivity index (χ3n) is 3.68. The summed E-state index contributed by atoms with van der Waals surface area (Å²) in [4.78, 5) is 13.3. The Morgan fingerprint density at radius 1 is 1.55 bits per heavy atom. The fourth-order valence-corrected chi connectivity index (χ4v) is 3.04. The molecule has 1 aromatic rings. The number of nitrogens with zero attached hydrogens (tertiary/aromatic N) is 2. The van der Waals surface area contributed by atoms with E-state index in [4.69, 9.17) is 0 Å². The first-order valence-electron chi connectivity index (χ1n) is 6.99. The van der Waals surface area contributed by atoms with Crippen LogP contribution in [0.15, 0.2) is 22.7 Å². The maximum atomic E-state index is 11.2. The van der Waals surface area contributed by atoms with E-state index in [9.17, 15) is 10.1 Å². The van der Waals surface area contributed by atoms with Crippen LogP contribution in [0.25, 0.3) is 0 Å². The second kappa shape index (κ2) is 7.15. The number of rotatable bonds is 6. The molecule has 0 aromatic heterocycles. The average molecular weight is 342 g/mol. The Hall–Kier alpha value is -0.980. The van der Waals surface area contributed by atoms with Gasteiger partial charge in [-0.05, 0) is 38.1 Å². The van der Waals surface area contributed by atoms with E-state index < -0.39 is 0 Å². The minimum Gasteiger partial charge on any atom is -0.315 e. The maximum Gasteiger partial charge on any atom is 0.275 e. The summed E-state index contributed by atoms with van der Waals surface area (Å²) in [7, 11) is 0. The third kappa shape index (κ3) is 3.77. The van der Waals surface area contributed by atoms with Gasteiger partial charge in [-0.2, -0.15) is 0 Å². The van der Waals surface area contributed by atoms with Gasteiger partial charge in [-0.3, -0.25) is 15.0 Å². The molecule has 1 N–H and O–H groups in total. The first-order valence-corrected chi connectivity index (χ1v) is 7.78. The molecule has 0 radical (unpaired) electrons. The zero-order valence-electron chi connectivity index (χ0n) is 11.6. The Bertz CT molecular complexity index is 475. The lowest BCUT2D eigenvalue weighted by molar-refractivity contribution is -0.385. The molecule has 1 aliphatic heterocycles. The summed E-state index contributed by atoms with van der Waals surface area (Å²) < 4.78 is 0.748. The Morgan fingerprint density at radius 2 is 2.35 bits per heavy atom. The van der Waals surface area contributed by atoms with Gasteiger partial charge in [0.1, 0.15) is 0 Å². The topological polar surface area (TPSA) is 58.4 Å². The highest BCUT2D eigenvalue weighted by molar-refractivity contribution is 9.10. The molecule has 1 unspecified atom stereocenters. The number of hydrogen-bond acceptors (Lipinski definition) is 4. The SMILES string of the molecule is CCCN(Cc1ccc(Br)cc1[N+](=O)[O-])C1CCNC1. The third-order valence-corrected chi connectivity index (χ3v) is 4.17. The van der Waals surface area contributed by atoms with Gasteiger partial charge in [0.05, 0.1) is 4.92 Å². The highest BCUT2D eigenvalue weighted by atomic mass is 79.9. The molecule has 0 bridgehead atoms. The number of nitro groups is 1. The molecule has 1 aliphatic rings. The lowest BCUT2D eigenvalue weighted by Crippen LogP contribution is -2.37. The Labute approximate surface area is 127 Å². The molecule has 1 heterocycles. The van der Waals surface area contributed by atoms with Gasteiger partial charge in [0.15, 0.2) is 0 Å². The van der Waals surface area contributed by atoms with Gasteiger partial charge >= 0.3 is 0 Å². The van der Waals surface area contributed by atoms with Crippen molar-refractivity contribution in [2.45, 2.75) is 32.4 Å². The lowest BCUT2D eigenvalue weighted by atomic mass is 10.1. The van der Waals surface area contributed by atoms with Gasteiger partial charge in [0.2, 0.25) is 0 Å². The molecular formula is C14H20BrN3O2. The van der Waals surface area contributed by atoms with Gasteiger partial charge in [-0.25, -0.2) is 0 Å². The number of halogens is 1. The summed E-state index contributed by atoms with van der Waals surface area (Å²) in [5, 5.41) is 14.5. The predicted octanol–water partition coefficient (Wildman–Crippen LogP) is 2.93. The summed E-state index contributed by atoms with van der Waals surface area (Å²) in [6.07, 6.45) is 2.17. The highest BCUT2D eigenvalue weighted by Gasteiger charge is 2.24. The minimum absolute atomic E-state index is 0.200. The lowest BCUT2D eigenvalue weighted by Gasteiger charge is -2.27. The van der Waals surface area contributed by atoms with Gasteiger partial charge in [-0.1, -0.05) is 22.9 Å². The molecule has 1 fully saturated rings. The van der Waals surface area contributed by atoms with Crippen LogP contribution in [0.1, 0.15) is 25.3 Å². The van der Waals surface area contributed by atoms with Crippen molar-refractivity contribution in [3.8, 4) is 0 Å². The van der Waals surface area contributed by atoms with Crippen molar-refractivity contribution in [3.05, 3.63) is 38.3 Å². The normalized spacial score (nSPS) is 18.6. The van der Waals surface area contributed by atoms with Crippen molar-refractivity contribution in [1.82, 2.24) is 10.2 Å². The summed E-state index contributed by atoms with van der Waals surface area (Å²) in [5.41, 5.74) is 0.991. The first kappa shape index (κ1) is 15.4. The highest BCUT2D eigenvalue weighted by Crippen LogP contribution is 2.26. The smallest absolute Gasteiger partial charge is 0.275 e. The van der Waals surface area contributed by atoms with Crippen molar-refractivity contribution in [2.24, 2.45) is 0 Å². The maximum absolute atomic E-state index is 11.2. The molecular weight excluding hydrogens is 322 g/mol. The molecule has 1 aromatic carbocycles. The van der Waals surface area contributed by atoms with Crippen LogP contribution in [0.4, 0.5) is 5.69 Å². The van der Waals surface area contributed by atoms with Crippen LogP contribution < -0.4 is 5.32 Å². The molecule has 20 heavy (non-hydrogen) atoms. The fourth-order valence-electron chi connectivity index (χ4n) is 2.69. The number of hydrogen-bond donors (Lipinski definition) is 1. The van der Waals surface area contributed by atoms with Crippen LogP contribution in [0.2, 0.25) is 0 Å². The van der Waals surface area contributed by atoms with E-state index >= 15 is 0 Å². The standard InChI is InChI=1S/C14H20BrN3O2/c1-2-7-17(13-5-6-16-9-13)10-11-3-4-12(15)8-14(11)18(19)20/h3-4,8,13,16H,2,5-7,9-10H2,1H3. The van der Waals surface area contributed by atoms with Gasteiger partial charge < -0.3 is 5.32 Å². The Morgan fingerprint density at radius 3 is 2.95 bits per heavy atom. The van der Waals surface area contributed by atoms with Crippen LogP contribution in [0.5, 0.6) is 0 Å². The Kier molecular flexibility index (Phi) is 5.51. The molecule has 5 nitrogen and oxygen atoms in total. The van der Waals surface area contributed by atoms with E-state index in [2.05, 4.69) is 33.1 Å². The summed E-state index contributed by atoms with van der Waals surface area (Å²) in [5.74, 6) is 0. The van der Waals surface area contributed by atoms with Crippen LogP contribution in [-0.2, 0) is 6.54 Å². The largest absolute Gasteiger partial charge is 0.315 e. The van der Waals surface area contributed by atoms with Crippen LogP contribution in [-0.4, -0.2) is 35.5 Å². The molecule has 0 spiro atoms. The molecule has 110 valence electrons. The number of nitro benzene ring substituents is 1. The zero-order valence-corrected chi connectivity index (χ0v) is 13.2. The summed E-state index contributed by atoms with van der Waals surface area (Å²) in [6, 6.07) is 5.80. The van der Waals surface area contributed by atoms with Crippen molar-refractivity contribution >= 4 is 21.6 Å². The monoisotopic (exact) mass is 341 g/mol. The molecule has 0 amide bonds. The summed E-state index contributed by atoms with van der Waals surface area (Å²) >= 11 is 3.30. The van der Waals surface area contributed by atoms with E-state index in [0.717, 1.165) is 42.5 Å². The number of nitrogens with one attached hydrogen (secondary N) is 1. The van der Waals surface area contributed by atoms with E-state index in [1.807, 2.05) is 12.1 Å². The van der Waals surface area contributed by atoms with Crippen molar-refractivity contribution in [3.63, 3.8) is 0 Å². The summed E-state index contributed by atoms with van der Waals surface area (Å²) in [6.45, 7) is 5.77. The van der Waals surface area contributed by atoms with E-state index in [0.29, 0.717) is 12.6 Å². The molecule has 0 saturated carbocycles. The Balaban J connectivity index is 2.19. The van der Waals surface area contributed by atoms with E-state index in [1.165, 1.54) is 0 Å². The predicted molar refractivity (Wildman–Crippen MR) is 82.8 cm³/mol. The second-order valence-electron chi connectivity index (χ2n) is 5.15. The minimum atomic E-state index is -0.295. The van der Waals surface area contributed by atoms with Gasteiger partial charge in [0.25, 0.3) is 5.69 Å². The fraction of sp³-hybridized carbons (Fsp3) is 0.571. The zero-order chi connectivity index (χ0) is 14.5. The van der Waals surface area contributed by atoms with Crippen LogP contribution >= 0.6 is 15.9 Å². The quantitative estimate of drug-likeness (QED) is 0.638. The average Bonchev–Trinajstić information content (AvgIpc) is 2.93. The molecule has 6 heteroatoms. The van der Waals surface area contributed by atoms with Crippen molar-refractivity contribution in [2.75, 3.05) is 19.6 Å². The van der Waals surface area contributed by atoms with Crippen molar-refractivity contribution in [1.29, 1.82) is 0 Å². The van der Waals surface area contributed by atoms with Crippen LogP contribution in [0, 0.1) is 10.1 Å².